The zero-order chi connectivity index (χ0) is 41.4. The van der Waals surface area contributed by atoms with Crippen molar-refractivity contribution in [3.05, 3.63) is 48.6 Å². The van der Waals surface area contributed by atoms with Crippen LogP contribution in [-0.2, 0) is 32.7 Å². The molecule has 6 N–H and O–H groups in total. The van der Waals surface area contributed by atoms with Gasteiger partial charge in [-0.2, -0.15) is 0 Å². The summed E-state index contributed by atoms with van der Waals surface area (Å²) in [5, 5.41) is 50.0. The molecular formula is C42H73O13P. The predicted molar refractivity (Wildman–Crippen MR) is 216 cm³/mol. The third-order valence-electron chi connectivity index (χ3n) is 9.53. The summed E-state index contributed by atoms with van der Waals surface area (Å²) in [7, 11) is -5.12. The van der Waals surface area contributed by atoms with E-state index in [1.54, 1.807) is 0 Å². The van der Waals surface area contributed by atoms with Crippen molar-refractivity contribution in [1.82, 2.24) is 0 Å². The Morgan fingerprint density at radius 3 is 1.55 bits per heavy atom. The smallest absolute Gasteiger partial charge is 0.462 e. The summed E-state index contributed by atoms with van der Waals surface area (Å²) in [5.41, 5.74) is 0. The molecule has 1 aliphatic rings. The van der Waals surface area contributed by atoms with Gasteiger partial charge in [-0.25, -0.2) is 4.57 Å². The summed E-state index contributed by atoms with van der Waals surface area (Å²) in [6.45, 7) is 3.11. The molecule has 0 amide bonds. The highest BCUT2D eigenvalue weighted by Crippen LogP contribution is 2.47. The van der Waals surface area contributed by atoms with Crippen LogP contribution in [0, 0.1) is 0 Å². The fourth-order valence-electron chi connectivity index (χ4n) is 6.12. The van der Waals surface area contributed by atoms with Crippen molar-refractivity contribution in [2.45, 2.75) is 191 Å². The Kier molecular flexibility index (Phi) is 30.3. The second kappa shape index (κ2) is 32.7. The maximum absolute atomic E-state index is 12.8. The number of carbonyl (C=O) groups excluding carboxylic acids is 2. The van der Waals surface area contributed by atoms with Gasteiger partial charge in [0.2, 0.25) is 0 Å². The van der Waals surface area contributed by atoms with Crippen LogP contribution in [0.2, 0.25) is 0 Å². The van der Waals surface area contributed by atoms with E-state index in [2.05, 4.69) is 26.0 Å². The van der Waals surface area contributed by atoms with E-state index in [-0.39, 0.29) is 12.8 Å². The molecule has 13 nitrogen and oxygen atoms in total. The van der Waals surface area contributed by atoms with Gasteiger partial charge in [0.25, 0.3) is 0 Å². The number of rotatable bonds is 33. The van der Waals surface area contributed by atoms with Gasteiger partial charge in [-0.05, 0) is 32.1 Å². The Labute approximate surface area is 335 Å². The maximum Gasteiger partial charge on any atom is 0.472 e. The maximum atomic E-state index is 12.8. The number of ether oxygens (including phenoxy) is 2. The first-order chi connectivity index (χ1) is 26.9. The number of allylic oxidation sites excluding steroid dienone is 8. The van der Waals surface area contributed by atoms with Crippen LogP contribution in [0.4, 0.5) is 0 Å². The number of phosphoric ester groups is 1. The van der Waals surface area contributed by atoms with E-state index in [0.29, 0.717) is 12.8 Å². The number of carbonyl (C=O) groups is 2. The minimum atomic E-state index is -5.12. The van der Waals surface area contributed by atoms with Crippen molar-refractivity contribution in [3.63, 3.8) is 0 Å². The quantitative estimate of drug-likeness (QED) is 0.0168. The molecule has 0 aliphatic heterocycles. The molecule has 0 aromatic rings. The number of hydrogen-bond donors (Lipinski definition) is 6. The lowest BCUT2D eigenvalue weighted by molar-refractivity contribution is -0.220. The highest BCUT2D eigenvalue weighted by Gasteiger charge is 2.51. The molecule has 324 valence electrons. The second-order valence-corrected chi connectivity index (χ2v) is 16.0. The van der Waals surface area contributed by atoms with Crippen molar-refractivity contribution in [3.8, 4) is 0 Å². The highest BCUT2D eigenvalue weighted by molar-refractivity contribution is 7.47. The van der Waals surface area contributed by atoms with Crippen LogP contribution in [0.15, 0.2) is 48.6 Å². The summed E-state index contributed by atoms with van der Waals surface area (Å²) in [4.78, 5) is 35.5. The molecule has 6 unspecified atom stereocenters. The number of aliphatic hydroxyl groups excluding tert-OH is 5. The Morgan fingerprint density at radius 1 is 0.571 bits per heavy atom. The largest absolute Gasteiger partial charge is 0.472 e. The molecule has 0 bridgehead atoms. The first kappa shape index (κ1) is 51.8. The van der Waals surface area contributed by atoms with Crippen molar-refractivity contribution in [2.24, 2.45) is 0 Å². The molecule has 0 aromatic carbocycles. The second-order valence-electron chi connectivity index (χ2n) is 14.6. The SMILES string of the molecule is CC/C=C/C=C/C=C/C=C/CCCCCCCC(=O)O[C@H](COC(=O)CCCCCCCCCCCCCC)COP(=O)(O)OC1C(O)C(O)C(O)[C@H](O)C1O. The summed E-state index contributed by atoms with van der Waals surface area (Å²) >= 11 is 0. The van der Waals surface area contributed by atoms with E-state index < -0.39 is 75.7 Å². The van der Waals surface area contributed by atoms with E-state index in [1.165, 1.54) is 51.4 Å². The Hall–Kier alpha value is -2.19. The monoisotopic (exact) mass is 816 g/mol. The summed E-state index contributed by atoms with van der Waals surface area (Å²) < 4.78 is 33.4. The summed E-state index contributed by atoms with van der Waals surface area (Å²) in [6.07, 6.45) is 23.2. The van der Waals surface area contributed by atoms with Gasteiger partial charge in [0, 0.05) is 12.8 Å². The van der Waals surface area contributed by atoms with Crippen LogP contribution in [0.3, 0.4) is 0 Å². The molecular weight excluding hydrogens is 743 g/mol. The molecule has 8 atom stereocenters. The average molecular weight is 817 g/mol. The molecule has 14 heteroatoms. The first-order valence-electron chi connectivity index (χ1n) is 21.0. The lowest BCUT2D eigenvalue weighted by Crippen LogP contribution is -2.64. The van der Waals surface area contributed by atoms with Crippen LogP contribution < -0.4 is 0 Å². The normalized spacial score (nSPS) is 23.4. The van der Waals surface area contributed by atoms with Crippen LogP contribution in [-0.4, -0.2) is 98.3 Å². The molecule has 0 radical (unpaired) electrons. The van der Waals surface area contributed by atoms with Gasteiger partial charge in [-0.3, -0.25) is 18.6 Å². The summed E-state index contributed by atoms with van der Waals surface area (Å²) in [5.74, 6) is -1.13. The van der Waals surface area contributed by atoms with Crippen LogP contribution >= 0.6 is 7.82 Å². The number of unbranched alkanes of at least 4 members (excludes halogenated alkanes) is 16. The van der Waals surface area contributed by atoms with E-state index in [0.717, 1.165) is 57.8 Å². The standard InChI is InChI=1S/C42H73O13P/c1-3-5-7-9-11-13-15-17-18-19-21-23-25-27-29-31-36(44)54-34(32-52-35(43)30-28-26-24-22-20-16-14-12-10-8-6-4-2)33-53-56(50,51)55-42-40(48)38(46)37(45)39(47)41(42)49/h5,7,9,11,13,15,17-18,34,37-42,45-49H,3-4,6,8,10,12,14,16,19-33H2,1-2H3,(H,50,51)/b7-5+,11-9+,15-13+,18-17+/t34-,37?,38+,39?,40?,41?,42?/m1/s1. The van der Waals surface area contributed by atoms with Gasteiger partial charge in [0.15, 0.2) is 6.10 Å². The van der Waals surface area contributed by atoms with Crippen LogP contribution in [0.1, 0.15) is 149 Å². The van der Waals surface area contributed by atoms with Crippen LogP contribution in [0.25, 0.3) is 0 Å². The molecule has 0 heterocycles. The van der Waals surface area contributed by atoms with Gasteiger partial charge < -0.3 is 39.9 Å². The Bertz CT molecular complexity index is 1170. The number of phosphoric acid groups is 1. The molecule has 56 heavy (non-hydrogen) atoms. The Morgan fingerprint density at radius 2 is 1.02 bits per heavy atom. The number of aliphatic hydroxyl groups is 5. The predicted octanol–water partition coefficient (Wildman–Crippen LogP) is 7.22. The number of hydrogen-bond acceptors (Lipinski definition) is 12. The van der Waals surface area contributed by atoms with E-state index in [9.17, 15) is 44.6 Å². The highest BCUT2D eigenvalue weighted by atomic mass is 31.2. The lowest BCUT2D eigenvalue weighted by atomic mass is 9.85. The Balaban J connectivity index is 2.53. The van der Waals surface area contributed by atoms with Gasteiger partial charge in [-0.1, -0.05) is 152 Å². The molecule has 0 aromatic heterocycles. The molecule has 0 spiro atoms. The molecule has 1 aliphatic carbocycles. The summed E-state index contributed by atoms with van der Waals surface area (Å²) in [6, 6.07) is 0. The van der Waals surface area contributed by atoms with Gasteiger partial charge in [-0.15, -0.1) is 0 Å². The third-order valence-corrected chi connectivity index (χ3v) is 10.5. The molecule has 1 fully saturated rings. The molecule has 0 saturated heterocycles. The van der Waals surface area contributed by atoms with Crippen molar-refractivity contribution < 1.29 is 63.1 Å². The topological polar surface area (TPSA) is 210 Å². The van der Waals surface area contributed by atoms with Gasteiger partial charge in [0.1, 0.15) is 43.2 Å². The zero-order valence-corrected chi connectivity index (χ0v) is 34.8. The lowest BCUT2D eigenvalue weighted by Gasteiger charge is -2.41. The van der Waals surface area contributed by atoms with Gasteiger partial charge >= 0.3 is 19.8 Å². The van der Waals surface area contributed by atoms with Crippen molar-refractivity contribution >= 4 is 19.8 Å². The van der Waals surface area contributed by atoms with E-state index in [4.69, 9.17) is 18.5 Å². The van der Waals surface area contributed by atoms with Gasteiger partial charge in [0.05, 0.1) is 6.61 Å². The molecule has 1 rings (SSSR count). The minimum absolute atomic E-state index is 0.0702. The van der Waals surface area contributed by atoms with Crippen molar-refractivity contribution in [1.29, 1.82) is 0 Å². The zero-order valence-electron chi connectivity index (χ0n) is 33.9. The van der Waals surface area contributed by atoms with E-state index in [1.807, 2.05) is 36.5 Å². The number of esters is 2. The fourth-order valence-corrected chi connectivity index (χ4v) is 7.09. The molecule has 1 saturated carbocycles. The first-order valence-corrected chi connectivity index (χ1v) is 22.5. The average Bonchev–Trinajstić information content (AvgIpc) is 3.18. The third kappa shape index (κ3) is 25.2. The van der Waals surface area contributed by atoms with E-state index >= 15 is 0 Å². The van der Waals surface area contributed by atoms with Crippen LogP contribution in [0.5, 0.6) is 0 Å². The van der Waals surface area contributed by atoms with Crippen molar-refractivity contribution in [2.75, 3.05) is 13.2 Å². The fraction of sp³-hybridized carbons (Fsp3) is 0.762. The minimum Gasteiger partial charge on any atom is -0.462 e.